The van der Waals surface area contributed by atoms with Crippen LogP contribution in [0.4, 0.5) is 5.69 Å². The smallest absolute Gasteiger partial charge is 0.354 e. The van der Waals surface area contributed by atoms with E-state index < -0.39 is 78.8 Å². The fourth-order valence-electron chi connectivity index (χ4n) is 4.51. The van der Waals surface area contributed by atoms with E-state index in [-0.39, 0.29) is 29.9 Å². The average Bonchev–Trinajstić information content (AvgIpc) is 3.24. The molecule has 1 fully saturated rings. The lowest BCUT2D eigenvalue weighted by molar-refractivity contribution is -0.277. The van der Waals surface area contributed by atoms with Crippen LogP contribution in [0.3, 0.4) is 0 Å². The quantitative estimate of drug-likeness (QED) is 0.178. The summed E-state index contributed by atoms with van der Waals surface area (Å²) in [5, 5.41) is 78.4. The Morgan fingerprint density at radius 3 is 2.38 bits per heavy atom. The molecule has 15 heteroatoms. The zero-order valence-corrected chi connectivity index (χ0v) is 20.1. The van der Waals surface area contributed by atoms with E-state index in [1.165, 1.54) is 35.4 Å². The second-order valence-corrected chi connectivity index (χ2v) is 9.14. The number of fused-ring (bicyclic) bond motifs is 1. The van der Waals surface area contributed by atoms with Gasteiger partial charge in [-0.2, -0.15) is 0 Å². The second kappa shape index (κ2) is 11.0. The number of rotatable bonds is 8. The number of dihydropyridines is 1. The van der Waals surface area contributed by atoms with E-state index in [1.54, 1.807) is 0 Å². The lowest BCUT2D eigenvalue weighted by Gasteiger charge is -2.39. The first-order valence-electron chi connectivity index (χ1n) is 11.7. The number of carboxylic acids is 3. The molecule has 0 aromatic heterocycles. The lowest BCUT2D eigenvalue weighted by Crippen LogP contribution is -2.60. The molecule has 4 rings (SSSR count). The van der Waals surface area contributed by atoms with Gasteiger partial charge >= 0.3 is 17.9 Å². The van der Waals surface area contributed by atoms with Crippen LogP contribution in [0.25, 0.3) is 0 Å². The second-order valence-electron chi connectivity index (χ2n) is 9.14. The van der Waals surface area contributed by atoms with Crippen molar-refractivity contribution in [2.75, 3.05) is 11.5 Å². The number of allylic oxidation sites excluding steroid dienone is 1. The zero-order chi connectivity index (χ0) is 28.6. The Kier molecular flexibility index (Phi) is 7.89. The number of hydrogen-bond donors (Lipinski definition) is 8. The number of nitrogens with zero attached hydrogens (tertiary/aromatic N) is 2. The van der Waals surface area contributed by atoms with Gasteiger partial charge in [0.2, 0.25) is 6.29 Å². The van der Waals surface area contributed by atoms with Crippen LogP contribution >= 0.6 is 0 Å². The van der Waals surface area contributed by atoms with Crippen LogP contribution < -0.4 is 9.64 Å². The molecule has 3 aliphatic heterocycles. The largest absolute Gasteiger partial charge is 0.504 e. The third kappa shape index (κ3) is 5.57. The SMILES string of the molecule is O=C(O)C1=N[C@H](C(=O)O)CC(/C=C/N2c3cc(O)c(O[C@@H]4O[C@H](CO)[C@@H](O)[C@H](O)[C@H]4O)cc3C[C@H]2C(=O)O)=C1. The first-order valence-corrected chi connectivity index (χ1v) is 11.7. The normalized spacial score (nSPS) is 30.5. The molecule has 39 heavy (non-hydrogen) atoms. The monoisotopic (exact) mass is 550 g/mol. The van der Waals surface area contributed by atoms with Crippen molar-refractivity contribution in [2.24, 2.45) is 4.99 Å². The van der Waals surface area contributed by atoms with Crippen molar-refractivity contribution < 1.29 is 64.7 Å². The molecule has 3 heterocycles. The number of phenols is 1. The number of hydrogen-bond acceptors (Lipinski definition) is 12. The van der Waals surface area contributed by atoms with Crippen molar-refractivity contribution >= 4 is 29.3 Å². The standard InChI is InChI=1S/C24H26N2O13/c27-8-17-18(29)19(30)20(31)24(39-17)38-16-6-10-5-14(23(36)37)26(13(10)7-15(16)28)2-1-9-3-11(21(32)33)25-12(4-9)22(34)35/h1-3,6-7,12,14,17-20,24,27-31H,4-5,8H2,(H,32,33)(H,34,35)(H,36,37)/b2-1+/t12-,14-,17+,18+,19-,20+,24+/m0/s1. The fraction of sp³-hybridized carbons (Fsp3) is 0.417. The number of phenolic OH excluding ortho intramolecular Hbond substituents is 1. The van der Waals surface area contributed by atoms with Crippen LogP contribution in [0, 0.1) is 0 Å². The minimum atomic E-state index is -1.74. The molecule has 3 aliphatic rings. The zero-order valence-electron chi connectivity index (χ0n) is 20.1. The van der Waals surface area contributed by atoms with E-state index in [4.69, 9.17) is 9.47 Å². The van der Waals surface area contributed by atoms with Gasteiger partial charge in [-0.3, -0.25) is 4.99 Å². The van der Waals surface area contributed by atoms with Gasteiger partial charge < -0.3 is 55.2 Å². The van der Waals surface area contributed by atoms with E-state index >= 15 is 0 Å². The number of aromatic hydroxyl groups is 1. The molecule has 0 spiro atoms. The maximum Gasteiger partial charge on any atom is 0.354 e. The summed E-state index contributed by atoms with van der Waals surface area (Å²) in [6, 6.07) is 0.0330. The predicted octanol–water partition coefficient (Wildman–Crippen LogP) is -1.79. The van der Waals surface area contributed by atoms with Gasteiger partial charge in [-0.25, -0.2) is 14.4 Å². The number of benzene rings is 1. The van der Waals surface area contributed by atoms with Crippen molar-refractivity contribution in [1.29, 1.82) is 0 Å². The van der Waals surface area contributed by atoms with E-state index in [9.17, 15) is 55.2 Å². The third-order valence-electron chi connectivity index (χ3n) is 6.56. The van der Waals surface area contributed by atoms with Crippen LogP contribution in [0.15, 0.2) is 41.1 Å². The molecular weight excluding hydrogens is 524 g/mol. The van der Waals surface area contributed by atoms with Crippen molar-refractivity contribution in [3.63, 3.8) is 0 Å². The number of aliphatic imine (C=N–C) groups is 1. The number of ether oxygens (including phenoxy) is 2. The molecule has 0 radical (unpaired) electrons. The predicted molar refractivity (Wildman–Crippen MR) is 128 cm³/mol. The van der Waals surface area contributed by atoms with Gasteiger partial charge in [0.25, 0.3) is 0 Å². The first kappa shape index (κ1) is 28.0. The fourth-order valence-corrected chi connectivity index (χ4v) is 4.51. The summed E-state index contributed by atoms with van der Waals surface area (Å²) in [7, 11) is 0. The first-order chi connectivity index (χ1) is 18.4. The van der Waals surface area contributed by atoms with E-state index in [1.807, 2.05) is 0 Å². The Morgan fingerprint density at radius 2 is 1.77 bits per heavy atom. The highest BCUT2D eigenvalue weighted by Crippen LogP contribution is 2.42. The lowest BCUT2D eigenvalue weighted by atomic mass is 9.99. The number of aliphatic hydroxyl groups excluding tert-OH is 4. The summed E-state index contributed by atoms with van der Waals surface area (Å²) in [6.07, 6.45) is -4.19. The molecule has 0 unspecified atom stereocenters. The van der Waals surface area contributed by atoms with E-state index in [0.717, 1.165) is 0 Å². The highest BCUT2D eigenvalue weighted by molar-refractivity contribution is 6.41. The van der Waals surface area contributed by atoms with E-state index in [0.29, 0.717) is 5.56 Å². The summed E-state index contributed by atoms with van der Waals surface area (Å²) in [5.41, 5.74) is 0.477. The average molecular weight is 550 g/mol. The molecule has 1 saturated heterocycles. The highest BCUT2D eigenvalue weighted by Gasteiger charge is 2.45. The van der Waals surface area contributed by atoms with Gasteiger partial charge in [0.05, 0.1) is 6.61 Å². The summed E-state index contributed by atoms with van der Waals surface area (Å²) in [5.74, 6) is -4.67. The maximum absolute atomic E-state index is 12.0. The number of anilines is 1. The Balaban J connectivity index is 1.61. The number of aliphatic carboxylic acids is 3. The molecule has 0 aliphatic carbocycles. The summed E-state index contributed by atoms with van der Waals surface area (Å²) < 4.78 is 10.8. The molecule has 1 aromatic carbocycles. The number of carbonyl (C=O) groups is 3. The van der Waals surface area contributed by atoms with Gasteiger partial charge in [0.15, 0.2) is 17.5 Å². The molecule has 1 aromatic rings. The Hall–Kier alpha value is -4.02. The van der Waals surface area contributed by atoms with E-state index in [2.05, 4.69) is 4.99 Å². The van der Waals surface area contributed by atoms with Gasteiger partial charge in [-0.05, 0) is 29.4 Å². The number of aliphatic hydroxyl groups is 4. The van der Waals surface area contributed by atoms with Crippen LogP contribution in [0.5, 0.6) is 11.5 Å². The van der Waals surface area contributed by atoms with Gasteiger partial charge in [0.1, 0.15) is 36.2 Å². The third-order valence-corrected chi connectivity index (χ3v) is 6.56. The van der Waals surface area contributed by atoms with Crippen LogP contribution in [0.1, 0.15) is 12.0 Å². The molecule has 0 saturated carbocycles. The Labute approximate surface area is 219 Å². The van der Waals surface area contributed by atoms with Crippen LogP contribution in [-0.4, -0.2) is 114 Å². The minimum Gasteiger partial charge on any atom is -0.504 e. The molecule has 210 valence electrons. The maximum atomic E-state index is 12.0. The molecule has 8 N–H and O–H groups in total. The van der Waals surface area contributed by atoms with Crippen molar-refractivity contribution in [1.82, 2.24) is 0 Å². The Bertz CT molecular complexity index is 1260. The molecule has 15 nitrogen and oxygen atoms in total. The molecule has 7 atom stereocenters. The Morgan fingerprint density at radius 1 is 1.05 bits per heavy atom. The van der Waals surface area contributed by atoms with Crippen molar-refractivity contribution in [3.05, 3.63) is 41.6 Å². The molecule has 0 amide bonds. The summed E-state index contributed by atoms with van der Waals surface area (Å²) in [4.78, 5) is 39.7. The van der Waals surface area contributed by atoms with Gasteiger partial charge in [0, 0.05) is 30.8 Å². The molecule has 0 bridgehead atoms. The summed E-state index contributed by atoms with van der Waals surface area (Å²) >= 11 is 0. The van der Waals surface area contributed by atoms with Gasteiger partial charge in [-0.1, -0.05) is 0 Å². The minimum absolute atomic E-state index is 0.0566. The van der Waals surface area contributed by atoms with Crippen LogP contribution in [-0.2, 0) is 25.5 Å². The summed E-state index contributed by atoms with van der Waals surface area (Å²) in [6.45, 7) is -0.688. The van der Waals surface area contributed by atoms with Gasteiger partial charge in [-0.15, -0.1) is 0 Å². The molecular formula is C24H26N2O13. The highest BCUT2D eigenvalue weighted by atomic mass is 16.7. The van der Waals surface area contributed by atoms with Crippen molar-refractivity contribution in [3.8, 4) is 11.5 Å². The topological polar surface area (TPSA) is 247 Å². The van der Waals surface area contributed by atoms with Crippen molar-refractivity contribution in [2.45, 2.75) is 55.6 Å². The number of carboxylic acid groups (broad SMARTS) is 3. The van der Waals surface area contributed by atoms with Crippen LogP contribution in [0.2, 0.25) is 0 Å².